The van der Waals surface area contributed by atoms with Crippen molar-refractivity contribution in [3.8, 4) is 0 Å². The number of hydrogen-bond donors (Lipinski definition) is 0. The van der Waals surface area contributed by atoms with Gasteiger partial charge in [0.25, 0.3) is 0 Å². The molecule has 0 amide bonds. The minimum atomic E-state index is 0.0687. The summed E-state index contributed by atoms with van der Waals surface area (Å²) < 4.78 is 3.01. The maximum atomic E-state index is 12.1. The molecular formula is C14H12N2OS. The molecule has 0 saturated heterocycles. The Morgan fingerprint density at radius 3 is 3.00 bits per heavy atom. The molecule has 2 aromatic heterocycles. The summed E-state index contributed by atoms with van der Waals surface area (Å²) in [6.07, 6.45) is 3.83. The summed E-state index contributed by atoms with van der Waals surface area (Å²) in [5.41, 5.74) is 1.62. The molecule has 0 aliphatic carbocycles. The predicted octanol–water partition coefficient (Wildman–Crippen LogP) is 3.06. The zero-order chi connectivity index (χ0) is 12.5. The second-order valence-corrected chi connectivity index (χ2v) is 5.19. The molecule has 0 unspecified atom stereocenters. The van der Waals surface area contributed by atoms with Gasteiger partial charge in [-0.05, 0) is 22.4 Å². The molecule has 18 heavy (non-hydrogen) atoms. The van der Waals surface area contributed by atoms with Crippen molar-refractivity contribution in [3.63, 3.8) is 0 Å². The molecule has 0 radical (unpaired) electrons. The highest BCUT2D eigenvalue weighted by Crippen LogP contribution is 2.26. The SMILES string of the molecule is Cn1cnc(C(=O)Cc2csc3ccccc23)c1. The lowest BCUT2D eigenvalue weighted by Gasteiger charge is -1.97. The van der Waals surface area contributed by atoms with Crippen LogP contribution >= 0.6 is 11.3 Å². The second kappa shape index (κ2) is 4.38. The lowest BCUT2D eigenvalue weighted by molar-refractivity contribution is 0.0989. The minimum Gasteiger partial charge on any atom is -0.340 e. The highest BCUT2D eigenvalue weighted by Gasteiger charge is 2.12. The van der Waals surface area contributed by atoms with Gasteiger partial charge in [-0.25, -0.2) is 4.98 Å². The number of benzene rings is 1. The molecule has 0 aliphatic heterocycles. The van der Waals surface area contributed by atoms with Crippen molar-refractivity contribution in [1.82, 2.24) is 9.55 Å². The zero-order valence-corrected chi connectivity index (χ0v) is 10.8. The number of ketones is 1. The van der Waals surface area contributed by atoms with Gasteiger partial charge >= 0.3 is 0 Å². The molecule has 0 fully saturated rings. The van der Waals surface area contributed by atoms with E-state index in [2.05, 4.69) is 22.5 Å². The average molecular weight is 256 g/mol. The van der Waals surface area contributed by atoms with Crippen LogP contribution in [-0.4, -0.2) is 15.3 Å². The van der Waals surface area contributed by atoms with Crippen molar-refractivity contribution in [2.45, 2.75) is 6.42 Å². The van der Waals surface area contributed by atoms with Crippen molar-refractivity contribution in [1.29, 1.82) is 0 Å². The molecule has 0 N–H and O–H groups in total. The van der Waals surface area contributed by atoms with Crippen LogP contribution in [0.5, 0.6) is 0 Å². The van der Waals surface area contributed by atoms with Crippen LogP contribution in [-0.2, 0) is 13.5 Å². The highest BCUT2D eigenvalue weighted by atomic mass is 32.1. The van der Waals surface area contributed by atoms with Crippen LogP contribution in [0.15, 0.2) is 42.2 Å². The zero-order valence-electron chi connectivity index (χ0n) is 9.96. The Kier molecular flexibility index (Phi) is 2.72. The first-order valence-electron chi connectivity index (χ1n) is 5.70. The minimum absolute atomic E-state index is 0.0687. The average Bonchev–Trinajstić information content (AvgIpc) is 2.97. The van der Waals surface area contributed by atoms with E-state index in [0.29, 0.717) is 12.1 Å². The van der Waals surface area contributed by atoms with Crippen molar-refractivity contribution < 1.29 is 4.79 Å². The van der Waals surface area contributed by atoms with Gasteiger partial charge in [0, 0.05) is 24.4 Å². The Bertz CT molecular complexity index is 711. The van der Waals surface area contributed by atoms with Crippen LogP contribution in [0.1, 0.15) is 16.1 Å². The molecule has 2 heterocycles. The summed E-state index contributed by atoms with van der Waals surface area (Å²) in [6.45, 7) is 0. The largest absolute Gasteiger partial charge is 0.340 e. The van der Waals surface area contributed by atoms with E-state index in [1.54, 1.807) is 28.4 Å². The van der Waals surface area contributed by atoms with Crippen LogP contribution < -0.4 is 0 Å². The van der Waals surface area contributed by atoms with Gasteiger partial charge in [-0.15, -0.1) is 11.3 Å². The fraction of sp³-hybridized carbons (Fsp3) is 0.143. The maximum absolute atomic E-state index is 12.1. The summed E-state index contributed by atoms with van der Waals surface area (Å²) >= 11 is 1.68. The van der Waals surface area contributed by atoms with Gasteiger partial charge in [0.2, 0.25) is 0 Å². The van der Waals surface area contributed by atoms with E-state index >= 15 is 0 Å². The Morgan fingerprint density at radius 2 is 2.22 bits per heavy atom. The number of carbonyl (C=O) groups is 1. The lowest BCUT2D eigenvalue weighted by atomic mass is 10.1. The van der Waals surface area contributed by atoms with Gasteiger partial charge in [-0.1, -0.05) is 18.2 Å². The van der Waals surface area contributed by atoms with E-state index in [4.69, 9.17) is 0 Å². The fourth-order valence-corrected chi connectivity index (χ4v) is 2.95. The van der Waals surface area contributed by atoms with Gasteiger partial charge in [-0.2, -0.15) is 0 Å². The number of aromatic nitrogens is 2. The van der Waals surface area contributed by atoms with E-state index in [1.807, 2.05) is 19.2 Å². The first-order valence-corrected chi connectivity index (χ1v) is 6.58. The van der Waals surface area contributed by atoms with E-state index in [-0.39, 0.29) is 5.78 Å². The van der Waals surface area contributed by atoms with Crippen LogP contribution in [0.25, 0.3) is 10.1 Å². The van der Waals surface area contributed by atoms with E-state index in [0.717, 1.165) is 5.56 Å². The first kappa shape index (κ1) is 11.2. The Morgan fingerprint density at radius 1 is 1.39 bits per heavy atom. The van der Waals surface area contributed by atoms with Gasteiger partial charge in [-0.3, -0.25) is 4.79 Å². The summed E-state index contributed by atoms with van der Waals surface area (Å²) in [6, 6.07) is 8.16. The number of nitrogens with zero attached hydrogens (tertiary/aromatic N) is 2. The number of Topliss-reactive ketones (excluding diaryl/α,β-unsaturated/α-hetero) is 1. The molecule has 0 bridgehead atoms. The van der Waals surface area contributed by atoms with E-state index in [9.17, 15) is 4.79 Å². The highest BCUT2D eigenvalue weighted by molar-refractivity contribution is 7.17. The van der Waals surface area contributed by atoms with Crippen molar-refractivity contribution in [2.24, 2.45) is 7.05 Å². The van der Waals surface area contributed by atoms with Gasteiger partial charge < -0.3 is 4.57 Å². The quantitative estimate of drug-likeness (QED) is 0.675. The molecule has 0 aliphatic rings. The van der Waals surface area contributed by atoms with E-state index < -0.39 is 0 Å². The summed E-state index contributed by atoms with van der Waals surface area (Å²) in [5.74, 6) is 0.0687. The summed E-state index contributed by atoms with van der Waals surface area (Å²) in [7, 11) is 1.86. The number of carbonyl (C=O) groups excluding carboxylic acids is 1. The molecular weight excluding hydrogens is 244 g/mol. The molecule has 3 aromatic rings. The summed E-state index contributed by atoms with van der Waals surface area (Å²) in [5, 5.41) is 3.23. The number of fused-ring (bicyclic) bond motifs is 1. The Balaban J connectivity index is 1.90. The molecule has 3 nitrogen and oxygen atoms in total. The van der Waals surface area contributed by atoms with Crippen LogP contribution in [0, 0.1) is 0 Å². The van der Waals surface area contributed by atoms with Crippen LogP contribution in [0.4, 0.5) is 0 Å². The van der Waals surface area contributed by atoms with E-state index in [1.165, 1.54) is 10.1 Å². The number of hydrogen-bond acceptors (Lipinski definition) is 3. The topological polar surface area (TPSA) is 34.9 Å². The lowest BCUT2D eigenvalue weighted by Crippen LogP contribution is -2.03. The molecule has 0 spiro atoms. The standard InChI is InChI=1S/C14H12N2OS/c1-16-7-12(15-9-16)13(17)6-10-8-18-14-5-3-2-4-11(10)14/h2-5,7-9H,6H2,1H3. The normalized spacial score (nSPS) is 10.9. The smallest absolute Gasteiger partial charge is 0.187 e. The molecule has 1 aromatic carbocycles. The molecule has 4 heteroatoms. The van der Waals surface area contributed by atoms with Crippen LogP contribution in [0.2, 0.25) is 0 Å². The molecule has 3 rings (SSSR count). The second-order valence-electron chi connectivity index (χ2n) is 4.28. The van der Waals surface area contributed by atoms with Gasteiger partial charge in [0.1, 0.15) is 5.69 Å². The number of thiophene rings is 1. The Labute approximate surface area is 109 Å². The number of rotatable bonds is 3. The Hall–Kier alpha value is -1.94. The fourth-order valence-electron chi connectivity index (χ4n) is 1.99. The maximum Gasteiger partial charge on any atom is 0.187 e. The van der Waals surface area contributed by atoms with Gasteiger partial charge in [0.05, 0.1) is 6.33 Å². The number of imidazole rings is 1. The molecule has 0 atom stereocenters. The van der Waals surface area contributed by atoms with Gasteiger partial charge in [0.15, 0.2) is 5.78 Å². The van der Waals surface area contributed by atoms with Crippen molar-refractivity contribution in [3.05, 3.63) is 53.4 Å². The predicted molar refractivity (Wildman–Crippen MR) is 73.1 cm³/mol. The van der Waals surface area contributed by atoms with Crippen molar-refractivity contribution >= 4 is 27.2 Å². The van der Waals surface area contributed by atoms with Crippen molar-refractivity contribution in [2.75, 3.05) is 0 Å². The third-order valence-corrected chi connectivity index (χ3v) is 3.92. The monoisotopic (exact) mass is 256 g/mol. The molecule has 0 saturated carbocycles. The molecule has 90 valence electrons. The summed E-state index contributed by atoms with van der Waals surface area (Å²) in [4.78, 5) is 16.2. The first-order chi connectivity index (χ1) is 8.74. The number of aryl methyl sites for hydroxylation is 1. The third kappa shape index (κ3) is 1.95. The van der Waals surface area contributed by atoms with Crippen LogP contribution in [0.3, 0.4) is 0 Å². The third-order valence-electron chi connectivity index (χ3n) is 2.90.